The van der Waals surface area contributed by atoms with Crippen molar-refractivity contribution in [2.45, 2.75) is 6.92 Å². The Balaban J connectivity index is 2.92. The van der Waals surface area contributed by atoms with E-state index in [0.29, 0.717) is 12.2 Å². The molecule has 0 unspecified atom stereocenters. The number of methoxy groups -OCH3 is 1. The van der Waals surface area contributed by atoms with Crippen LogP contribution < -0.4 is 0 Å². The first-order valence-corrected chi connectivity index (χ1v) is 5.05. The minimum absolute atomic E-state index is 0.285. The Labute approximate surface area is 98.8 Å². The normalized spacial score (nSPS) is 10.5. The van der Waals surface area contributed by atoms with Crippen molar-refractivity contribution in [2.75, 3.05) is 13.7 Å². The van der Waals surface area contributed by atoms with E-state index in [4.69, 9.17) is 4.74 Å². The number of carbonyl (C=O) groups excluding carboxylic acids is 2. The maximum atomic E-state index is 11.5. The lowest BCUT2D eigenvalue weighted by atomic mass is 10.2. The molecule has 0 amide bonds. The maximum absolute atomic E-state index is 11.5. The second kappa shape index (κ2) is 5.83. The van der Waals surface area contributed by atoms with Gasteiger partial charge in [0.2, 0.25) is 0 Å². The molecule has 0 aliphatic heterocycles. The van der Waals surface area contributed by atoms with E-state index >= 15 is 0 Å². The second-order valence-electron chi connectivity index (χ2n) is 3.15. The van der Waals surface area contributed by atoms with Crippen molar-refractivity contribution < 1.29 is 19.1 Å². The predicted octanol–water partition coefficient (Wildman–Crippen LogP) is 0.783. The van der Waals surface area contributed by atoms with Crippen LogP contribution >= 0.6 is 0 Å². The highest BCUT2D eigenvalue weighted by molar-refractivity contribution is 5.94. The molecular weight excluding hydrogens is 224 g/mol. The largest absolute Gasteiger partial charge is 0.464 e. The summed E-state index contributed by atoms with van der Waals surface area (Å²) in [5.41, 5.74) is 0.792. The Kier molecular flexibility index (Phi) is 4.45. The molecule has 0 aromatic carbocycles. The third-order valence-corrected chi connectivity index (χ3v) is 2.03. The number of hydrogen-bond acceptors (Lipinski definition) is 5. The monoisotopic (exact) mass is 238 g/mol. The van der Waals surface area contributed by atoms with Crippen molar-refractivity contribution in [2.24, 2.45) is 7.05 Å². The Morgan fingerprint density at radius 3 is 2.82 bits per heavy atom. The molecule has 1 rings (SSSR count). The molecule has 0 bridgehead atoms. The summed E-state index contributed by atoms with van der Waals surface area (Å²) in [5.74, 6) is -0.972. The summed E-state index contributed by atoms with van der Waals surface area (Å²) in [7, 11) is 2.90. The fourth-order valence-electron chi connectivity index (χ4n) is 1.27. The topological polar surface area (TPSA) is 70.4 Å². The van der Waals surface area contributed by atoms with Crippen LogP contribution in [0.1, 0.15) is 23.0 Å². The molecule has 0 N–H and O–H groups in total. The highest BCUT2D eigenvalue weighted by Gasteiger charge is 2.15. The zero-order chi connectivity index (χ0) is 12.8. The zero-order valence-electron chi connectivity index (χ0n) is 9.97. The van der Waals surface area contributed by atoms with Gasteiger partial charge in [-0.3, -0.25) is 4.68 Å². The smallest absolute Gasteiger partial charge is 0.356 e. The minimum Gasteiger partial charge on any atom is -0.464 e. The van der Waals surface area contributed by atoms with Crippen LogP contribution in [0.25, 0.3) is 6.08 Å². The second-order valence-corrected chi connectivity index (χ2v) is 3.15. The van der Waals surface area contributed by atoms with E-state index in [-0.39, 0.29) is 5.69 Å². The summed E-state index contributed by atoms with van der Waals surface area (Å²) in [4.78, 5) is 22.6. The van der Waals surface area contributed by atoms with Gasteiger partial charge in [-0.15, -0.1) is 0 Å². The van der Waals surface area contributed by atoms with Gasteiger partial charge in [0.25, 0.3) is 0 Å². The van der Waals surface area contributed by atoms with Crippen LogP contribution in [0.15, 0.2) is 12.3 Å². The number of esters is 2. The van der Waals surface area contributed by atoms with Crippen LogP contribution in [0.3, 0.4) is 0 Å². The molecule has 17 heavy (non-hydrogen) atoms. The predicted molar refractivity (Wildman–Crippen MR) is 60.2 cm³/mol. The van der Waals surface area contributed by atoms with E-state index in [1.807, 2.05) is 0 Å². The minimum atomic E-state index is -0.506. The summed E-state index contributed by atoms with van der Waals surface area (Å²) in [6.45, 7) is 2.02. The Morgan fingerprint density at radius 2 is 2.24 bits per heavy atom. The zero-order valence-corrected chi connectivity index (χ0v) is 9.97. The molecule has 6 heteroatoms. The van der Waals surface area contributed by atoms with E-state index in [9.17, 15) is 9.59 Å². The van der Waals surface area contributed by atoms with Crippen LogP contribution in [-0.2, 0) is 21.3 Å². The number of aromatic nitrogens is 2. The lowest BCUT2D eigenvalue weighted by molar-refractivity contribution is -0.137. The van der Waals surface area contributed by atoms with Crippen LogP contribution in [0, 0.1) is 0 Å². The van der Waals surface area contributed by atoms with Crippen molar-refractivity contribution >= 4 is 18.0 Å². The van der Waals surface area contributed by atoms with Crippen molar-refractivity contribution in [1.82, 2.24) is 9.78 Å². The molecule has 0 fully saturated rings. The number of rotatable bonds is 4. The van der Waals surface area contributed by atoms with Gasteiger partial charge in [-0.05, 0) is 13.0 Å². The third kappa shape index (κ3) is 3.17. The molecule has 0 radical (unpaired) electrons. The van der Waals surface area contributed by atoms with E-state index in [0.717, 1.165) is 0 Å². The first-order valence-electron chi connectivity index (χ1n) is 5.05. The number of hydrogen-bond donors (Lipinski definition) is 0. The molecule has 0 aliphatic carbocycles. The van der Waals surface area contributed by atoms with E-state index < -0.39 is 11.9 Å². The van der Waals surface area contributed by atoms with Gasteiger partial charge in [0, 0.05) is 18.7 Å². The molecule has 6 nitrogen and oxygen atoms in total. The lowest BCUT2D eigenvalue weighted by Gasteiger charge is -2.00. The van der Waals surface area contributed by atoms with Gasteiger partial charge in [-0.1, -0.05) is 0 Å². The van der Waals surface area contributed by atoms with Crippen molar-refractivity contribution in [3.05, 3.63) is 23.5 Å². The number of ether oxygens (including phenoxy) is 2. The summed E-state index contributed by atoms with van der Waals surface area (Å²) >= 11 is 0. The number of aryl methyl sites for hydroxylation is 1. The van der Waals surface area contributed by atoms with Gasteiger partial charge in [0.1, 0.15) is 0 Å². The molecule has 0 spiro atoms. The molecular formula is C11H14N2O4. The summed E-state index contributed by atoms with van der Waals surface area (Å²) in [6.07, 6.45) is 4.19. The van der Waals surface area contributed by atoms with E-state index in [2.05, 4.69) is 9.84 Å². The lowest BCUT2D eigenvalue weighted by Crippen LogP contribution is -2.09. The van der Waals surface area contributed by atoms with Crippen molar-refractivity contribution in [1.29, 1.82) is 0 Å². The molecule has 0 saturated carbocycles. The summed E-state index contributed by atoms with van der Waals surface area (Å²) < 4.78 is 10.7. The molecule has 92 valence electrons. The first-order chi connectivity index (χ1) is 8.10. The van der Waals surface area contributed by atoms with Gasteiger partial charge in [0.15, 0.2) is 5.69 Å². The van der Waals surface area contributed by atoms with Crippen LogP contribution in [0.5, 0.6) is 0 Å². The van der Waals surface area contributed by atoms with Crippen LogP contribution in [0.4, 0.5) is 0 Å². The standard InChI is InChI=1S/C11H14N2O4/c1-4-17-9(14)6-5-8-7-12-13(2)10(8)11(15)16-3/h5-7H,4H2,1-3H3. The van der Waals surface area contributed by atoms with Gasteiger partial charge < -0.3 is 9.47 Å². The van der Waals surface area contributed by atoms with Crippen LogP contribution in [-0.4, -0.2) is 35.4 Å². The van der Waals surface area contributed by atoms with E-state index in [1.165, 1.54) is 30.1 Å². The van der Waals surface area contributed by atoms with Gasteiger partial charge in [0.05, 0.1) is 19.9 Å². The fraction of sp³-hybridized carbons (Fsp3) is 0.364. The van der Waals surface area contributed by atoms with Crippen molar-refractivity contribution in [3.63, 3.8) is 0 Å². The van der Waals surface area contributed by atoms with Crippen molar-refractivity contribution in [3.8, 4) is 0 Å². The molecule has 1 aromatic rings. The molecule has 0 aliphatic rings. The Bertz CT molecular complexity index is 448. The van der Waals surface area contributed by atoms with E-state index in [1.54, 1.807) is 14.0 Å². The van der Waals surface area contributed by atoms with Gasteiger partial charge in [-0.2, -0.15) is 5.10 Å². The average Bonchev–Trinajstić information content (AvgIpc) is 2.67. The number of nitrogens with zero attached hydrogens (tertiary/aromatic N) is 2. The molecule has 1 heterocycles. The first kappa shape index (κ1) is 13.0. The molecule has 1 aromatic heterocycles. The quantitative estimate of drug-likeness (QED) is 0.572. The highest BCUT2D eigenvalue weighted by atomic mass is 16.5. The Hall–Kier alpha value is -2.11. The van der Waals surface area contributed by atoms with Crippen LogP contribution in [0.2, 0.25) is 0 Å². The maximum Gasteiger partial charge on any atom is 0.356 e. The third-order valence-electron chi connectivity index (χ3n) is 2.03. The van der Waals surface area contributed by atoms with Gasteiger partial charge >= 0.3 is 11.9 Å². The summed E-state index contributed by atoms with van der Waals surface area (Å²) in [5, 5.41) is 3.92. The molecule has 0 atom stereocenters. The molecule has 0 saturated heterocycles. The summed E-state index contributed by atoms with van der Waals surface area (Å²) in [6, 6.07) is 0. The Morgan fingerprint density at radius 1 is 1.53 bits per heavy atom. The fourth-order valence-corrected chi connectivity index (χ4v) is 1.27. The van der Waals surface area contributed by atoms with Gasteiger partial charge in [-0.25, -0.2) is 9.59 Å². The average molecular weight is 238 g/mol. The highest BCUT2D eigenvalue weighted by Crippen LogP contribution is 2.10. The SMILES string of the molecule is CCOC(=O)C=Cc1cnn(C)c1C(=O)OC. The number of carbonyl (C=O) groups is 2.